The Bertz CT molecular complexity index is 784. The molecule has 3 rings (SSSR count). The molecule has 0 aliphatic heterocycles. The Morgan fingerprint density at radius 1 is 1.26 bits per heavy atom. The number of amides is 1. The monoisotopic (exact) mass is 330 g/mol. The summed E-state index contributed by atoms with van der Waals surface area (Å²) in [6.45, 7) is 0.378. The number of nitrogens with zero attached hydrogens (tertiary/aromatic N) is 1. The van der Waals surface area contributed by atoms with E-state index in [0.717, 1.165) is 5.69 Å². The number of thiazole rings is 1. The minimum absolute atomic E-state index is 0.0677. The standard InChI is InChI=1S/C17H15FN2O2S/c18-15-6-2-1-5-14(15)17-20-12(11-23-17)7-8-16(21)19-10-13-4-3-9-22-13/h1-6,9,11H,7-8,10H2,(H,19,21). The lowest BCUT2D eigenvalue weighted by molar-refractivity contribution is -0.121. The summed E-state index contributed by atoms with van der Waals surface area (Å²) in [4.78, 5) is 16.2. The normalized spacial score (nSPS) is 10.7. The van der Waals surface area contributed by atoms with Crippen LogP contribution in [0.5, 0.6) is 0 Å². The third-order valence-corrected chi connectivity index (χ3v) is 4.23. The molecule has 0 fully saturated rings. The van der Waals surface area contributed by atoms with Crippen molar-refractivity contribution in [3.63, 3.8) is 0 Å². The average Bonchev–Trinajstić information content (AvgIpc) is 3.23. The lowest BCUT2D eigenvalue weighted by Crippen LogP contribution is -2.22. The number of aromatic nitrogens is 1. The number of hydrogen-bond donors (Lipinski definition) is 1. The van der Waals surface area contributed by atoms with E-state index in [9.17, 15) is 9.18 Å². The van der Waals surface area contributed by atoms with Gasteiger partial charge in [0.2, 0.25) is 5.91 Å². The Kier molecular flexibility index (Phi) is 4.83. The van der Waals surface area contributed by atoms with Gasteiger partial charge in [0.25, 0.3) is 0 Å². The van der Waals surface area contributed by atoms with Crippen molar-refractivity contribution < 1.29 is 13.6 Å². The number of hydrogen-bond acceptors (Lipinski definition) is 4. The number of rotatable bonds is 6. The number of carbonyl (C=O) groups excluding carboxylic acids is 1. The van der Waals surface area contributed by atoms with Gasteiger partial charge in [-0.3, -0.25) is 4.79 Å². The summed E-state index contributed by atoms with van der Waals surface area (Å²) < 4.78 is 18.9. The zero-order valence-electron chi connectivity index (χ0n) is 12.3. The molecular formula is C17H15FN2O2S. The van der Waals surface area contributed by atoms with Gasteiger partial charge < -0.3 is 9.73 Å². The Morgan fingerprint density at radius 2 is 2.13 bits per heavy atom. The summed E-state index contributed by atoms with van der Waals surface area (Å²) in [5.41, 5.74) is 1.28. The molecular weight excluding hydrogens is 315 g/mol. The molecule has 6 heteroatoms. The van der Waals surface area contributed by atoms with Gasteiger partial charge in [-0.05, 0) is 30.7 Å². The van der Waals surface area contributed by atoms with Gasteiger partial charge in [0, 0.05) is 17.4 Å². The van der Waals surface area contributed by atoms with E-state index >= 15 is 0 Å². The molecule has 23 heavy (non-hydrogen) atoms. The number of benzene rings is 1. The predicted octanol–water partition coefficient (Wildman–Crippen LogP) is 3.79. The first-order chi connectivity index (χ1) is 11.2. The van der Waals surface area contributed by atoms with Crippen molar-refractivity contribution in [1.29, 1.82) is 0 Å². The van der Waals surface area contributed by atoms with Crippen LogP contribution in [0.1, 0.15) is 17.9 Å². The molecule has 2 heterocycles. The molecule has 0 atom stereocenters. The predicted molar refractivity (Wildman–Crippen MR) is 86.4 cm³/mol. The fourth-order valence-electron chi connectivity index (χ4n) is 2.11. The van der Waals surface area contributed by atoms with Crippen LogP contribution in [0, 0.1) is 5.82 Å². The van der Waals surface area contributed by atoms with Gasteiger partial charge in [0.1, 0.15) is 16.6 Å². The van der Waals surface area contributed by atoms with Gasteiger partial charge in [-0.1, -0.05) is 12.1 Å². The molecule has 0 aliphatic rings. The third-order valence-electron chi connectivity index (χ3n) is 3.30. The minimum Gasteiger partial charge on any atom is -0.467 e. The Morgan fingerprint density at radius 3 is 2.91 bits per heavy atom. The second-order valence-corrected chi connectivity index (χ2v) is 5.84. The Labute approximate surface area is 137 Å². The van der Waals surface area contributed by atoms with Crippen molar-refractivity contribution in [3.05, 3.63) is 65.3 Å². The first-order valence-electron chi connectivity index (χ1n) is 7.21. The molecule has 0 bridgehead atoms. The molecule has 1 amide bonds. The maximum absolute atomic E-state index is 13.7. The Balaban J connectivity index is 1.53. The van der Waals surface area contributed by atoms with Crippen LogP contribution in [0.4, 0.5) is 4.39 Å². The lowest BCUT2D eigenvalue weighted by atomic mass is 10.2. The van der Waals surface area contributed by atoms with Crippen LogP contribution in [0.3, 0.4) is 0 Å². The van der Waals surface area contributed by atoms with Gasteiger partial charge >= 0.3 is 0 Å². The molecule has 0 radical (unpaired) electrons. The molecule has 1 N–H and O–H groups in total. The van der Waals surface area contributed by atoms with E-state index in [1.165, 1.54) is 17.4 Å². The van der Waals surface area contributed by atoms with Crippen molar-refractivity contribution in [2.24, 2.45) is 0 Å². The molecule has 0 saturated carbocycles. The molecule has 4 nitrogen and oxygen atoms in total. The van der Waals surface area contributed by atoms with Crippen molar-refractivity contribution >= 4 is 17.2 Å². The highest BCUT2D eigenvalue weighted by Gasteiger charge is 2.10. The number of carbonyl (C=O) groups is 1. The highest BCUT2D eigenvalue weighted by Crippen LogP contribution is 2.26. The van der Waals surface area contributed by atoms with Crippen LogP contribution in [0.15, 0.2) is 52.5 Å². The van der Waals surface area contributed by atoms with Crippen molar-refractivity contribution in [3.8, 4) is 10.6 Å². The SMILES string of the molecule is O=C(CCc1csc(-c2ccccc2F)n1)NCc1ccco1. The van der Waals surface area contributed by atoms with E-state index in [1.54, 1.807) is 36.6 Å². The van der Waals surface area contributed by atoms with Crippen molar-refractivity contribution in [2.75, 3.05) is 0 Å². The van der Waals surface area contributed by atoms with Gasteiger partial charge in [-0.2, -0.15) is 0 Å². The van der Waals surface area contributed by atoms with Crippen LogP contribution in [0.25, 0.3) is 10.6 Å². The average molecular weight is 330 g/mol. The zero-order valence-corrected chi connectivity index (χ0v) is 13.1. The molecule has 0 spiro atoms. The van der Waals surface area contributed by atoms with Crippen LogP contribution >= 0.6 is 11.3 Å². The van der Waals surface area contributed by atoms with Crippen LogP contribution in [-0.2, 0) is 17.8 Å². The maximum Gasteiger partial charge on any atom is 0.220 e. The molecule has 0 aliphatic carbocycles. The first-order valence-corrected chi connectivity index (χ1v) is 8.09. The van der Waals surface area contributed by atoms with Crippen LogP contribution < -0.4 is 5.32 Å². The highest BCUT2D eigenvalue weighted by molar-refractivity contribution is 7.13. The fourth-order valence-corrected chi connectivity index (χ4v) is 2.99. The van der Waals surface area contributed by atoms with E-state index in [2.05, 4.69) is 10.3 Å². The van der Waals surface area contributed by atoms with Crippen molar-refractivity contribution in [1.82, 2.24) is 10.3 Å². The summed E-state index contributed by atoms with van der Waals surface area (Å²) in [6, 6.07) is 10.1. The van der Waals surface area contributed by atoms with Gasteiger partial charge in [0.15, 0.2) is 0 Å². The molecule has 3 aromatic rings. The lowest BCUT2D eigenvalue weighted by Gasteiger charge is -2.02. The maximum atomic E-state index is 13.7. The topological polar surface area (TPSA) is 55.1 Å². The molecule has 118 valence electrons. The fraction of sp³-hybridized carbons (Fsp3) is 0.176. The molecule has 0 saturated heterocycles. The smallest absolute Gasteiger partial charge is 0.220 e. The van der Waals surface area contributed by atoms with E-state index in [0.29, 0.717) is 35.7 Å². The Hall–Kier alpha value is -2.47. The van der Waals surface area contributed by atoms with Crippen LogP contribution in [-0.4, -0.2) is 10.9 Å². The summed E-state index contributed by atoms with van der Waals surface area (Å²) in [6.07, 6.45) is 2.43. The van der Waals surface area contributed by atoms with Crippen molar-refractivity contribution in [2.45, 2.75) is 19.4 Å². The highest BCUT2D eigenvalue weighted by atomic mass is 32.1. The minimum atomic E-state index is -0.287. The number of halogens is 1. The number of nitrogens with one attached hydrogen (secondary N) is 1. The summed E-state index contributed by atoms with van der Waals surface area (Å²) >= 11 is 1.38. The largest absolute Gasteiger partial charge is 0.467 e. The number of aryl methyl sites for hydroxylation is 1. The van der Waals surface area contributed by atoms with E-state index in [4.69, 9.17) is 4.42 Å². The van der Waals surface area contributed by atoms with Gasteiger partial charge in [0.05, 0.1) is 18.5 Å². The zero-order chi connectivity index (χ0) is 16.1. The van der Waals surface area contributed by atoms with E-state index in [1.807, 2.05) is 5.38 Å². The second kappa shape index (κ2) is 7.19. The molecule has 2 aromatic heterocycles. The van der Waals surface area contributed by atoms with Gasteiger partial charge in [-0.25, -0.2) is 9.37 Å². The first kappa shape index (κ1) is 15.4. The van der Waals surface area contributed by atoms with Gasteiger partial charge in [-0.15, -0.1) is 11.3 Å². The summed E-state index contributed by atoms with van der Waals surface area (Å²) in [5, 5.41) is 5.28. The van der Waals surface area contributed by atoms with E-state index in [-0.39, 0.29) is 11.7 Å². The summed E-state index contributed by atoms with van der Waals surface area (Å²) in [5.74, 6) is 0.361. The molecule has 0 unspecified atom stereocenters. The third kappa shape index (κ3) is 4.04. The number of furan rings is 1. The quantitative estimate of drug-likeness (QED) is 0.748. The van der Waals surface area contributed by atoms with Crippen LogP contribution in [0.2, 0.25) is 0 Å². The summed E-state index contributed by atoms with van der Waals surface area (Å²) in [7, 11) is 0. The van der Waals surface area contributed by atoms with E-state index < -0.39 is 0 Å². The molecule has 1 aromatic carbocycles. The second-order valence-electron chi connectivity index (χ2n) is 4.98.